The van der Waals surface area contributed by atoms with Gasteiger partial charge in [-0.15, -0.1) is 0 Å². The summed E-state index contributed by atoms with van der Waals surface area (Å²) in [4.78, 5) is 12.0. The summed E-state index contributed by atoms with van der Waals surface area (Å²) in [6.45, 7) is 0. The first-order valence-corrected chi connectivity index (χ1v) is 6.20. The van der Waals surface area contributed by atoms with Crippen molar-refractivity contribution in [2.75, 3.05) is 12.4 Å². The van der Waals surface area contributed by atoms with E-state index in [1.54, 1.807) is 25.3 Å². The minimum Gasteiger partial charge on any atom is -0.496 e. The van der Waals surface area contributed by atoms with Gasteiger partial charge in [0.2, 0.25) is 0 Å². The molecule has 2 aromatic carbocycles. The highest BCUT2D eigenvalue weighted by atomic mass is 79.9. The molecular formula is C14H12BrNO2. The smallest absolute Gasteiger partial charge is 0.255 e. The zero-order valence-electron chi connectivity index (χ0n) is 9.81. The van der Waals surface area contributed by atoms with Crippen LogP contribution in [0.5, 0.6) is 5.75 Å². The number of hydrogen-bond acceptors (Lipinski definition) is 2. The van der Waals surface area contributed by atoms with Crippen molar-refractivity contribution in [3.63, 3.8) is 0 Å². The van der Waals surface area contributed by atoms with E-state index < -0.39 is 0 Å². The number of ether oxygens (including phenoxy) is 1. The average molecular weight is 306 g/mol. The first-order chi connectivity index (χ1) is 8.70. The molecule has 0 saturated carbocycles. The number of nitrogens with one attached hydrogen (secondary N) is 1. The van der Waals surface area contributed by atoms with Crippen LogP contribution in [0.25, 0.3) is 0 Å². The summed E-state index contributed by atoms with van der Waals surface area (Å²) in [5, 5.41) is 2.82. The van der Waals surface area contributed by atoms with Crippen molar-refractivity contribution in [2.24, 2.45) is 0 Å². The molecule has 0 heterocycles. The zero-order valence-corrected chi connectivity index (χ0v) is 11.4. The van der Waals surface area contributed by atoms with Gasteiger partial charge in [-0.25, -0.2) is 0 Å². The van der Waals surface area contributed by atoms with Crippen molar-refractivity contribution < 1.29 is 9.53 Å². The summed E-state index contributed by atoms with van der Waals surface area (Å²) in [6.07, 6.45) is 0. The van der Waals surface area contributed by atoms with E-state index in [1.165, 1.54) is 0 Å². The third kappa shape index (κ3) is 2.90. The lowest BCUT2D eigenvalue weighted by molar-refractivity contribution is 0.102. The maximum atomic E-state index is 12.0. The van der Waals surface area contributed by atoms with Gasteiger partial charge in [-0.05, 0) is 46.3 Å². The molecule has 2 aromatic rings. The van der Waals surface area contributed by atoms with Crippen LogP contribution in [0.15, 0.2) is 53.0 Å². The lowest BCUT2D eigenvalue weighted by atomic mass is 10.2. The number of anilines is 1. The lowest BCUT2D eigenvalue weighted by Gasteiger charge is -2.07. The Kier molecular flexibility index (Phi) is 3.99. The first-order valence-electron chi connectivity index (χ1n) is 5.40. The molecule has 0 aliphatic rings. The Hall–Kier alpha value is -1.81. The van der Waals surface area contributed by atoms with Gasteiger partial charge in [-0.2, -0.15) is 0 Å². The Morgan fingerprint density at radius 2 is 1.89 bits per heavy atom. The van der Waals surface area contributed by atoms with Crippen LogP contribution in [0.1, 0.15) is 10.4 Å². The molecule has 0 aromatic heterocycles. The van der Waals surface area contributed by atoms with Crippen molar-refractivity contribution >= 4 is 27.5 Å². The minimum atomic E-state index is -0.149. The predicted molar refractivity (Wildman–Crippen MR) is 75.1 cm³/mol. The highest BCUT2D eigenvalue weighted by Crippen LogP contribution is 2.25. The van der Waals surface area contributed by atoms with Crippen LogP contribution in [-0.2, 0) is 0 Å². The number of rotatable bonds is 3. The van der Waals surface area contributed by atoms with E-state index in [4.69, 9.17) is 4.74 Å². The van der Waals surface area contributed by atoms with Crippen LogP contribution < -0.4 is 10.1 Å². The number of amides is 1. The monoisotopic (exact) mass is 305 g/mol. The highest BCUT2D eigenvalue weighted by molar-refractivity contribution is 9.10. The van der Waals surface area contributed by atoms with E-state index in [-0.39, 0.29) is 5.91 Å². The van der Waals surface area contributed by atoms with E-state index in [1.807, 2.05) is 30.3 Å². The Morgan fingerprint density at radius 3 is 2.50 bits per heavy atom. The number of benzene rings is 2. The maximum absolute atomic E-state index is 12.0. The van der Waals surface area contributed by atoms with E-state index in [0.717, 1.165) is 10.2 Å². The molecule has 0 saturated heterocycles. The second-order valence-corrected chi connectivity index (χ2v) is 4.52. The Balaban J connectivity index is 2.17. The molecule has 18 heavy (non-hydrogen) atoms. The number of carbonyl (C=O) groups is 1. The van der Waals surface area contributed by atoms with Crippen LogP contribution in [0.4, 0.5) is 5.69 Å². The Bertz CT molecular complexity index is 555. The van der Waals surface area contributed by atoms with Gasteiger partial charge in [-0.1, -0.05) is 18.2 Å². The molecule has 92 valence electrons. The van der Waals surface area contributed by atoms with Gasteiger partial charge in [0, 0.05) is 11.3 Å². The summed E-state index contributed by atoms with van der Waals surface area (Å²) in [5.74, 6) is 0.552. The number of halogens is 1. The Labute approximate surface area is 114 Å². The third-order valence-electron chi connectivity index (χ3n) is 2.45. The SMILES string of the molecule is COc1ccc(C(=O)Nc2ccccc2)cc1Br. The van der Waals surface area contributed by atoms with E-state index in [2.05, 4.69) is 21.2 Å². The van der Waals surface area contributed by atoms with Gasteiger partial charge in [0.15, 0.2) is 0 Å². The molecular weight excluding hydrogens is 294 g/mol. The molecule has 0 fully saturated rings. The molecule has 0 unspecified atom stereocenters. The summed E-state index contributed by atoms with van der Waals surface area (Å²) in [6, 6.07) is 14.6. The van der Waals surface area contributed by atoms with Crippen LogP contribution in [-0.4, -0.2) is 13.0 Å². The average Bonchev–Trinajstić information content (AvgIpc) is 2.39. The van der Waals surface area contributed by atoms with Crippen molar-refractivity contribution in [1.82, 2.24) is 0 Å². The standard InChI is InChI=1S/C14H12BrNO2/c1-18-13-8-7-10(9-12(13)15)14(17)16-11-5-3-2-4-6-11/h2-9H,1H3,(H,16,17). The van der Waals surface area contributed by atoms with Gasteiger partial charge in [0.05, 0.1) is 11.6 Å². The fraction of sp³-hybridized carbons (Fsp3) is 0.0714. The fourth-order valence-corrected chi connectivity index (χ4v) is 2.07. The minimum absolute atomic E-state index is 0.149. The molecule has 0 atom stereocenters. The highest BCUT2D eigenvalue weighted by Gasteiger charge is 2.08. The van der Waals surface area contributed by atoms with Gasteiger partial charge >= 0.3 is 0 Å². The van der Waals surface area contributed by atoms with Gasteiger partial charge < -0.3 is 10.1 Å². The van der Waals surface area contributed by atoms with E-state index in [9.17, 15) is 4.79 Å². The predicted octanol–water partition coefficient (Wildman–Crippen LogP) is 3.71. The lowest BCUT2D eigenvalue weighted by Crippen LogP contribution is -2.11. The summed E-state index contributed by atoms with van der Waals surface area (Å²) < 4.78 is 5.87. The second kappa shape index (κ2) is 5.69. The van der Waals surface area contributed by atoms with E-state index >= 15 is 0 Å². The van der Waals surface area contributed by atoms with Crippen molar-refractivity contribution in [3.05, 3.63) is 58.6 Å². The molecule has 1 N–H and O–H groups in total. The summed E-state index contributed by atoms with van der Waals surface area (Å²) in [7, 11) is 1.59. The van der Waals surface area contributed by atoms with Crippen LogP contribution in [0.2, 0.25) is 0 Å². The Morgan fingerprint density at radius 1 is 1.17 bits per heavy atom. The zero-order chi connectivity index (χ0) is 13.0. The number of methoxy groups -OCH3 is 1. The van der Waals surface area contributed by atoms with Gasteiger partial charge in [-0.3, -0.25) is 4.79 Å². The molecule has 1 amide bonds. The molecule has 0 aliphatic heterocycles. The normalized spacial score (nSPS) is 9.89. The van der Waals surface area contributed by atoms with Gasteiger partial charge in [0.1, 0.15) is 5.75 Å². The van der Waals surface area contributed by atoms with Crippen molar-refractivity contribution in [1.29, 1.82) is 0 Å². The third-order valence-corrected chi connectivity index (χ3v) is 3.07. The molecule has 3 nitrogen and oxygen atoms in total. The number of carbonyl (C=O) groups excluding carboxylic acids is 1. The number of para-hydroxylation sites is 1. The van der Waals surface area contributed by atoms with Crippen LogP contribution in [0.3, 0.4) is 0 Å². The molecule has 0 aliphatic carbocycles. The summed E-state index contributed by atoms with van der Waals surface area (Å²) in [5.41, 5.74) is 1.35. The number of hydrogen-bond donors (Lipinski definition) is 1. The molecule has 0 radical (unpaired) electrons. The quantitative estimate of drug-likeness (QED) is 0.939. The van der Waals surface area contributed by atoms with Crippen molar-refractivity contribution in [2.45, 2.75) is 0 Å². The fourth-order valence-electron chi connectivity index (χ4n) is 1.53. The van der Waals surface area contributed by atoms with Crippen LogP contribution in [0, 0.1) is 0 Å². The topological polar surface area (TPSA) is 38.3 Å². The summed E-state index contributed by atoms with van der Waals surface area (Å²) >= 11 is 3.36. The molecule has 0 bridgehead atoms. The van der Waals surface area contributed by atoms with E-state index in [0.29, 0.717) is 11.3 Å². The molecule has 2 rings (SSSR count). The van der Waals surface area contributed by atoms with Gasteiger partial charge in [0.25, 0.3) is 5.91 Å². The van der Waals surface area contributed by atoms with Crippen LogP contribution >= 0.6 is 15.9 Å². The first kappa shape index (κ1) is 12.6. The molecule has 4 heteroatoms. The van der Waals surface area contributed by atoms with Crippen molar-refractivity contribution in [3.8, 4) is 5.75 Å². The largest absolute Gasteiger partial charge is 0.496 e. The second-order valence-electron chi connectivity index (χ2n) is 3.67. The molecule has 0 spiro atoms. The maximum Gasteiger partial charge on any atom is 0.255 e.